The molecule has 0 amide bonds. The first kappa shape index (κ1) is 18.7. The number of rotatable bonds is 8. The Labute approximate surface area is 159 Å². The molecule has 0 aliphatic heterocycles. The summed E-state index contributed by atoms with van der Waals surface area (Å²) >= 11 is 0. The number of guanidine groups is 1. The van der Waals surface area contributed by atoms with Crippen LogP contribution in [0.2, 0.25) is 0 Å². The Morgan fingerprint density at radius 3 is 2.37 bits per heavy atom. The summed E-state index contributed by atoms with van der Waals surface area (Å²) in [6.45, 7) is 1.98. The normalized spacial score (nSPS) is 11.4. The number of hydrogen-bond donors (Lipinski definition) is 2. The second kappa shape index (κ2) is 10.2. The molecule has 1 heterocycles. The van der Waals surface area contributed by atoms with E-state index >= 15 is 0 Å². The highest BCUT2D eigenvalue weighted by Gasteiger charge is 2.02. The van der Waals surface area contributed by atoms with Gasteiger partial charge in [-0.15, -0.1) is 0 Å². The highest BCUT2D eigenvalue weighted by atomic mass is 19.1. The highest BCUT2D eigenvalue weighted by Crippen LogP contribution is 2.04. The third-order valence-electron chi connectivity index (χ3n) is 4.10. The predicted octanol–water partition coefficient (Wildman–Crippen LogP) is 3.94. The zero-order valence-electron chi connectivity index (χ0n) is 15.2. The van der Waals surface area contributed by atoms with Gasteiger partial charge < -0.3 is 15.1 Å². The van der Waals surface area contributed by atoms with Crippen LogP contribution in [0.1, 0.15) is 16.9 Å². The van der Waals surface area contributed by atoms with E-state index in [4.69, 9.17) is 4.42 Å². The van der Waals surface area contributed by atoms with Gasteiger partial charge in [-0.1, -0.05) is 42.5 Å². The van der Waals surface area contributed by atoms with E-state index < -0.39 is 0 Å². The zero-order chi connectivity index (χ0) is 18.7. The standard InChI is InChI=1S/C22H24FN3O/c23-20-9-4-8-18(16-20)11-13-24-22(25-14-12-21-10-5-15-27-21)26-17-19-6-2-1-3-7-19/h1-10,15-16H,11-14,17H2,(H2,24,25,26). The Balaban J connectivity index is 1.54. The molecule has 0 aliphatic rings. The summed E-state index contributed by atoms with van der Waals surface area (Å²) in [7, 11) is 0. The molecule has 0 atom stereocenters. The van der Waals surface area contributed by atoms with Gasteiger partial charge in [0, 0.05) is 19.5 Å². The van der Waals surface area contributed by atoms with Gasteiger partial charge in [0.25, 0.3) is 0 Å². The van der Waals surface area contributed by atoms with E-state index in [9.17, 15) is 4.39 Å². The third kappa shape index (κ3) is 6.62. The van der Waals surface area contributed by atoms with Crippen molar-refractivity contribution in [3.63, 3.8) is 0 Å². The molecular weight excluding hydrogens is 341 g/mol. The van der Waals surface area contributed by atoms with E-state index in [2.05, 4.69) is 27.8 Å². The van der Waals surface area contributed by atoms with E-state index in [1.807, 2.05) is 36.4 Å². The van der Waals surface area contributed by atoms with Gasteiger partial charge in [-0.05, 0) is 41.8 Å². The van der Waals surface area contributed by atoms with E-state index in [-0.39, 0.29) is 5.82 Å². The fraction of sp³-hybridized carbons (Fsp3) is 0.227. The number of furan rings is 1. The first-order chi connectivity index (χ1) is 13.3. The number of halogens is 1. The van der Waals surface area contributed by atoms with E-state index in [1.54, 1.807) is 18.4 Å². The van der Waals surface area contributed by atoms with Crippen LogP contribution in [0.3, 0.4) is 0 Å². The van der Waals surface area contributed by atoms with Gasteiger partial charge in [-0.2, -0.15) is 0 Å². The van der Waals surface area contributed by atoms with E-state index in [0.29, 0.717) is 19.6 Å². The lowest BCUT2D eigenvalue weighted by Gasteiger charge is -2.12. The van der Waals surface area contributed by atoms with Gasteiger partial charge in [0.05, 0.1) is 12.8 Å². The van der Waals surface area contributed by atoms with Crippen LogP contribution in [-0.4, -0.2) is 19.0 Å². The fourth-order valence-electron chi connectivity index (χ4n) is 2.70. The Hall–Kier alpha value is -3.08. The van der Waals surface area contributed by atoms with Crippen LogP contribution in [0.5, 0.6) is 0 Å². The van der Waals surface area contributed by atoms with Crippen molar-refractivity contribution >= 4 is 5.96 Å². The van der Waals surface area contributed by atoms with Crippen molar-refractivity contribution in [1.29, 1.82) is 0 Å². The zero-order valence-corrected chi connectivity index (χ0v) is 15.2. The molecule has 27 heavy (non-hydrogen) atoms. The van der Waals surface area contributed by atoms with Crippen LogP contribution in [0.15, 0.2) is 82.4 Å². The highest BCUT2D eigenvalue weighted by molar-refractivity contribution is 5.79. The Bertz CT molecular complexity index is 832. The number of nitrogens with one attached hydrogen (secondary N) is 2. The smallest absolute Gasteiger partial charge is 0.191 e. The molecule has 2 aromatic carbocycles. The van der Waals surface area contributed by atoms with Crippen molar-refractivity contribution in [3.8, 4) is 0 Å². The third-order valence-corrected chi connectivity index (χ3v) is 4.10. The second-order valence-electron chi connectivity index (χ2n) is 6.21. The number of nitrogens with zero attached hydrogens (tertiary/aromatic N) is 1. The molecule has 0 saturated heterocycles. The average Bonchev–Trinajstić information content (AvgIpc) is 3.20. The van der Waals surface area contributed by atoms with Gasteiger partial charge in [0.15, 0.2) is 5.96 Å². The number of aliphatic imine (C=N–C) groups is 1. The van der Waals surface area contributed by atoms with Crippen LogP contribution in [0.25, 0.3) is 0 Å². The molecule has 5 heteroatoms. The molecule has 0 unspecified atom stereocenters. The number of benzene rings is 2. The van der Waals surface area contributed by atoms with Crippen LogP contribution in [0.4, 0.5) is 4.39 Å². The molecule has 3 aromatic rings. The summed E-state index contributed by atoms with van der Waals surface area (Å²) in [5.41, 5.74) is 2.11. The van der Waals surface area contributed by atoms with Crippen LogP contribution >= 0.6 is 0 Å². The summed E-state index contributed by atoms with van der Waals surface area (Å²) in [4.78, 5) is 4.65. The predicted molar refractivity (Wildman–Crippen MR) is 106 cm³/mol. The Morgan fingerprint density at radius 2 is 1.63 bits per heavy atom. The second-order valence-corrected chi connectivity index (χ2v) is 6.21. The molecule has 0 fully saturated rings. The Morgan fingerprint density at radius 1 is 0.852 bits per heavy atom. The maximum Gasteiger partial charge on any atom is 0.191 e. The molecule has 0 radical (unpaired) electrons. The van der Waals surface area contributed by atoms with Crippen molar-refractivity contribution < 1.29 is 8.81 Å². The average molecular weight is 365 g/mol. The molecule has 0 aliphatic carbocycles. The summed E-state index contributed by atoms with van der Waals surface area (Å²) in [6.07, 6.45) is 3.18. The quantitative estimate of drug-likeness (QED) is 0.470. The lowest BCUT2D eigenvalue weighted by molar-refractivity contribution is 0.506. The van der Waals surface area contributed by atoms with Gasteiger partial charge in [-0.25, -0.2) is 9.38 Å². The van der Waals surface area contributed by atoms with Crippen molar-refractivity contribution in [3.05, 3.63) is 95.7 Å². The monoisotopic (exact) mass is 365 g/mol. The maximum atomic E-state index is 13.3. The summed E-state index contributed by atoms with van der Waals surface area (Å²) in [5, 5.41) is 6.65. The summed E-state index contributed by atoms with van der Waals surface area (Å²) in [6, 6.07) is 20.6. The molecule has 140 valence electrons. The van der Waals surface area contributed by atoms with Crippen molar-refractivity contribution in [2.45, 2.75) is 19.4 Å². The maximum absolute atomic E-state index is 13.3. The molecule has 3 rings (SSSR count). The first-order valence-electron chi connectivity index (χ1n) is 9.12. The lowest BCUT2D eigenvalue weighted by atomic mass is 10.1. The topological polar surface area (TPSA) is 49.6 Å². The molecule has 0 spiro atoms. The Kier molecular flexibility index (Phi) is 7.04. The molecule has 2 N–H and O–H groups in total. The lowest BCUT2D eigenvalue weighted by Crippen LogP contribution is -2.39. The largest absolute Gasteiger partial charge is 0.469 e. The molecule has 4 nitrogen and oxygen atoms in total. The van der Waals surface area contributed by atoms with Crippen molar-refractivity contribution in [2.75, 3.05) is 13.1 Å². The van der Waals surface area contributed by atoms with Gasteiger partial charge in [0.1, 0.15) is 11.6 Å². The number of hydrogen-bond acceptors (Lipinski definition) is 2. The van der Waals surface area contributed by atoms with Crippen LogP contribution in [-0.2, 0) is 19.4 Å². The van der Waals surface area contributed by atoms with E-state index in [1.165, 1.54) is 6.07 Å². The van der Waals surface area contributed by atoms with Crippen LogP contribution in [0, 0.1) is 5.82 Å². The molecule has 0 bridgehead atoms. The summed E-state index contributed by atoms with van der Waals surface area (Å²) in [5.74, 6) is 1.47. The first-order valence-corrected chi connectivity index (χ1v) is 9.12. The SMILES string of the molecule is Fc1cccc(CCNC(=NCc2ccccc2)NCCc2ccco2)c1. The van der Waals surface area contributed by atoms with Gasteiger partial charge in [-0.3, -0.25) is 0 Å². The van der Waals surface area contributed by atoms with Crippen molar-refractivity contribution in [2.24, 2.45) is 4.99 Å². The fourth-order valence-corrected chi connectivity index (χ4v) is 2.70. The van der Waals surface area contributed by atoms with E-state index in [0.717, 1.165) is 35.7 Å². The minimum Gasteiger partial charge on any atom is -0.469 e. The molecule has 0 saturated carbocycles. The molecular formula is C22H24FN3O. The summed E-state index contributed by atoms with van der Waals surface area (Å²) < 4.78 is 18.7. The van der Waals surface area contributed by atoms with Gasteiger partial charge in [0.2, 0.25) is 0 Å². The van der Waals surface area contributed by atoms with Crippen LogP contribution < -0.4 is 10.6 Å². The minimum atomic E-state index is -0.206. The minimum absolute atomic E-state index is 0.206. The van der Waals surface area contributed by atoms with Gasteiger partial charge >= 0.3 is 0 Å². The van der Waals surface area contributed by atoms with Crippen molar-refractivity contribution in [1.82, 2.24) is 10.6 Å². The molecule has 1 aromatic heterocycles.